The zero-order valence-corrected chi connectivity index (χ0v) is 13.0. The minimum absolute atomic E-state index is 0.0470. The lowest BCUT2D eigenvalue weighted by Crippen LogP contribution is -2.27. The number of halogens is 1. The van der Waals surface area contributed by atoms with Crippen LogP contribution < -0.4 is 5.32 Å². The Morgan fingerprint density at radius 2 is 1.96 bits per heavy atom. The van der Waals surface area contributed by atoms with Gasteiger partial charge >= 0.3 is 0 Å². The van der Waals surface area contributed by atoms with E-state index in [4.69, 9.17) is 0 Å². The molecule has 0 aliphatic rings. The largest absolute Gasteiger partial charge is 0.358 e. The Labute approximate surface area is 134 Å². The number of rotatable bonds is 5. The smallest absolute Gasteiger partial charge is 0.224 e. The van der Waals surface area contributed by atoms with Crippen LogP contribution in [0.2, 0.25) is 0 Å². The number of benzene rings is 2. The number of aromatic amines is 1. The van der Waals surface area contributed by atoms with Gasteiger partial charge in [-0.05, 0) is 42.7 Å². The molecule has 0 unspecified atom stereocenters. The standard InChI is InChI=1S/C19H19FN2O/c1-13-16(17-11-15(20)7-8-18(17)22-13)12-19(23)21-10-9-14-5-3-2-4-6-14/h2-8,11,22H,9-10,12H2,1H3,(H,21,23). The van der Waals surface area contributed by atoms with Gasteiger partial charge in [-0.1, -0.05) is 30.3 Å². The van der Waals surface area contributed by atoms with Crippen molar-refractivity contribution >= 4 is 16.8 Å². The summed E-state index contributed by atoms with van der Waals surface area (Å²) in [4.78, 5) is 15.4. The summed E-state index contributed by atoms with van der Waals surface area (Å²) in [5, 5.41) is 3.71. The number of hydrogen-bond acceptors (Lipinski definition) is 1. The predicted octanol–water partition coefficient (Wildman–Crippen LogP) is 3.52. The predicted molar refractivity (Wildman–Crippen MR) is 89.9 cm³/mol. The van der Waals surface area contributed by atoms with E-state index < -0.39 is 0 Å². The van der Waals surface area contributed by atoms with E-state index in [1.165, 1.54) is 17.7 Å². The molecule has 0 saturated carbocycles. The molecule has 0 bridgehead atoms. The highest BCUT2D eigenvalue weighted by atomic mass is 19.1. The topological polar surface area (TPSA) is 44.9 Å². The molecule has 3 aromatic rings. The molecule has 1 aromatic heterocycles. The van der Waals surface area contributed by atoms with Gasteiger partial charge in [-0.3, -0.25) is 4.79 Å². The molecule has 1 amide bonds. The van der Waals surface area contributed by atoms with Crippen molar-refractivity contribution in [3.05, 3.63) is 71.2 Å². The van der Waals surface area contributed by atoms with Crippen molar-refractivity contribution < 1.29 is 9.18 Å². The summed E-state index contributed by atoms with van der Waals surface area (Å²) in [7, 11) is 0. The van der Waals surface area contributed by atoms with Crippen LogP contribution in [-0.2, 0) is 17.6 Å². The van der Waals surface area contributed by atoms with Gasteiger partial charge in [0.25, 0.3) is 0 Å². The van der Waals surface area contributed by atoms with Crippen molar-refractivity contribution in [3.8, 4) is 0 Å². The number of fused-ring (bicyclic) bond motifs is 1. The summed E-state index contributed by atoms with van der Waals surface area (Å²) < 4.78 is 13.4. The first-order valence-electron chi connectivity index (χ1n) is 7.71. The molecule has 4 heteroatoms. The molecule has 1 heterocycles. The number of aromatic nitrogens is 1. The summed E-state index contributed by atoms with van der Waals surface area (Å²) in [6, 6.07) is 14.6. The fourth-order valence-corrected chi connectivity index (χ4v) is 2.80. The molecule has 0 saturated heterocycles. The number of carbonyl (C=O) groups is 1. The van der Waals surface area contributed by atoms with E-state index in [0.29, 0.717) is 6.54 Å². The van der Waals surface area contributed by atoms with Gasteiger partial charge in [0, 0.05) is 23.1 Å². The highest BCUT2D eigenvalue weighted by Gasteiger charge is 2.13. The van der Waals surface area contributed by atoms with E-state index in [1.54, 1.807) is 6.07 Å². The molecular weight excluding hydrogens is 291 g/mol. The van der Waals surface area contributed by atoms with Crippen LogP contribution in [0.5, 0.6) is 0 Å². The van der Waals surface area contributed by atoms with Crippen molar-refractivity contribution in [2.75, 3.05) is 6.54 Å². The van der Waals surface area contributed by atoms with Crippen LogP contribution in [0.4, 0.5) is 4.39 Å². The van der Waals surface area contributed by atoms with Gasteiger partial charge in [-0.15, -0.1) is 0 Å². The second kappa shape index (κ2) is 6.65. The van der Waals surface area contributed by atoms with Gasteiger partial charge in [0.1, 0.15) is 5.82 Å². The lowest BCUT2D eigenvalue weighted by atomic mass is 10.1. The first-order chi connectivity index (χ1) is 11.1. The Bertz CT molecular complexity index is 824. The molecule has 118 valence electrons. The van der Waals surface area contributed by atoms with Crippen LogP contribution in [0.15, 0.2) is 48.5 Å². The van der Waals surface area contributed by atoms with E-state index >= 15 is 0 Å². The van der Waals surface area contributed by atoms with Gasteiger partial charge < -0.3 is 10.3 Å². The van der Waals surface area contributed by atoms with E-state index in [1.807, 2.05) is 37.3 Å². The molecule has 3 rings (SSSR count). The number of amides is 1. The maximum atomic E-state index is 13.4. The molecule has 2 N–H and O–H groups in total. The quantitative estimate of drug-likeness (QED) is 0.744. The SMILES string of the molecule is Cc1[nH]c2ccc(F)cc2c1CC(=O)NCCc1ccccc1. The number of aryl methyl sites for hydroxylation is 1. The third-order valence-corrected chi connectivity index (χ3v) is 4.00. The van der Waals surface area contributed by atoms with Crippen LogP contribution in [0, 0.1) is 12.7 Å². The molecule has 0 radical (unpaired) electrons. The Hall–Kier alpha value is -2.62. The lowest BCUT2D eigenvalue weighted by molar-refractivity contribution is -0.120. The van der Waals surface area contributed by atoms with Crippen LogP contribution in [0.3, 0.4) is 0 Å². The number of nitrogens with one attached hydrogen (secondary N) is 2. The third-order valence-electron chi connectivity index (χ3n) is 4.00. The second-order valence-corrected chi connectivity index (χ2v) is 5.68. The molecule has 0 fully saturated rings. The number of hydrogen-bond donors (Lipinski definition) is 2. The molecule has 0 aliphatic carbocycles. The van der Waals surface area contributed by atoms with Gasteiger partial charge in [-0.2, -0.15) is 0 Å². The zero-order valence-electron chi connectivity index (χ0n) is 13.0. The van der Waals surface area contributed by atoms with E-state index in [2.05, 4.69) is 10.3 Å². The van der Waals surface area contributed by atoms with Crippen molar-refractivity contribution in [2.45, 2.75) is 19.8 Å². The average molecular weight is 310 g/mol. The average Bonchev–Trinajstić information content (AvgIpc) is 2.84. The summed E-state index contributed by atoms with van der Waals surface area (Å²) >= 11 is 0. The second-order valence-electron chi connectivity index (χ2n) is 5.68. The highest BCUT2D eigenvalue weighted by Crippen LogP contribution is 2.23. The maximum Gasteiger partial charge on any atom is 0.224 e. The number of H-pyrrole nitrogens is 1. The Kier molecular flexibility index (Phi) is 4.42. The Morgan fingerprint density at radius 1 is 1.17 bits per heavy atom. The normalized spacial score (nSPS) is 10.9. The fraction of sp³-hybridized carbons (Fsp3) is 0.211. The van der Waals surface area contributed by atoms with Gasteiger partial charge in [-0.25, -0.2) is 4.39 Å². The van der Waals surface area contributed by atoms with E-state index in [-0.39, 0.29) is 18.1 Å². The molecule has 23 heavy (non-hydrogen) atoms. The Morgan fingerprint density at radius 3 is 2.74 bits per heavy atom. The summed E-state index contributed by atoms with van der Waals surface area (Å²) in [5.74, 6) is -0.337. The molecule has 0 aliphatic heterocycles. The van der Waals surface area contributed by atoms with Crippen molar-refractivity contribution in [1.82, 2.24) is 10.3 Å². The monoisotopic (exact) mass is 310 g/mol. The minimum atomic E-state index is -0.290. The van der Waals surface area contributed by atoms with Gasteiger partial charge in [0.15, 0.2) is 0 Å². The minimum Gasteiger partial charge on any atom is -0.358 e. The molecule has 2 aromatic carbocycles. The zero-order chi connectivity index (χ0) is 16.2. The first-order valence-corrected chi connectivity index (χ1v) is 7.71. The van der Waals surface area contributed by atoms with Crippen LogP contribution in [0.25, 0.3) is 10.9 Å². The first kappa shape index (κ1) is 15.3. The van der Waals surface area contributed by atoms with Crippen molar-refractivity contribution in [3.63, 3.8) is 0 Å². The van der Waals surface area contributed by atoms with Crippen LogP contribution in [0.1, 0.15) is 16.8 Å². The third kappa shape index (κ3) is 3.59. The highest BCUT2D eigenvalue weighted by molar-refractivity contribution is 5.90. The molecule has 3 nitrogen and oxygen atoms in total. The summed E-state index contributed by atoms with van der Waals surface area (Å²) in [5.41, 5.74) is 3.81. The fourth-order valence-electron chi connectivity index (χ4n) is 2.80. The van der Waals surface area contributed by atoms with Gasteiger partial charge in [0.2, 0.25) is 5.91 Å². The Balaban J connectivity index is 1.64. The van der Waals surface area contributed by atoms with Crippen LogP contribution >= 0.6 is 0 Å². The lowest BCUT2D eigenvalue weighted by Gasteiger charge is -2.06. The molecule has 0 spiro atoms. The maximum absolute atomic E-state index is 13.4. The van der Waals surface area contributed by atoms with Crippen molar-refractivity contribution in [2.24, 2.45) is 0 Å². The van der Waals surface area contributed by atoms with Crippen LogP contribution in [-0.4, -0.2) is 17.4 Å². The molecule has 0 atom stereocenters. The van der Waals surface area contributed by atoms with Gasteiger partial charge in [0.05, 0.1) is 6.42 Å². The summed E-state index contributed by atoms with van der Waals surface area (Å²) in [6.07, 6.45) is 1.05. The number of carbonyl (C=O) groups excluding carboxylic acids is 1. The van der Waals surface area contributed by atoms with E-state index in [9.17, 15) is 9.18 Å². The van der Waals surface area contributed by atoms with E-state index in [0.717, 1.165) is 28.6 Å². The molecular formula is C19H19FN2O. The van der Waals surface area contributed by atoms with Crippen molar-refractivity contribution in [1.29, 1.82) is 0 Å². The summed E-state index contributed by atoms with van der Waals surface area (Å²) in [6.45, 7) is 2.50.